The van der Waals surface area contributed by atoms with Crippen LogP contribution in [0, 0.1) is 25.2 Å². The van der Waals surface area contributed by atoms with Gasteiger partial charge in [0.25, 0.3) is 0 Å². The van der Waals surface area contributed by atoms with Crippen LogP contribution in [0.5, 0.6) is 0 Å². The number of nitrogens with zero attached hydrogens (tertiary/aromatic N) is 2. The smallest absolute Gasteiger partial charge is 0.354 e. The van der Waals surface area contributed by atoms with Gasteiger partial charge in [0.1, 0.15) is 11.8 Å². The summed E-state index contributed by atoms with van der Waals surface area (Å²) in [5.41, 5.74) is 3.04. The lowest BCUT2D eigenvalue weighted by Gasteiger charge is -2.11. The number of nitriles is 1. The van der Waals surface area contributed by atoms with E-state index in [4.69, 9.17) is 5.26 Å². The maximum Gasteiger partial charge on any atom is 0.354 e. The lowest BCUT2D eigenvalue weighted by atomic mass is 10.1. The average Bonchev–Trinajstić information content (AvgIpc) is 2.76. The first-order valence-corrected chi connectivity index (χ1v) is 5.47. The van der Waals surface area contributed by atoms with Gasteiger partial charge in [0.05, 0.1) is 5.56 Å². The summed E-state index contributed by atoms with van der Waals surface area (Å²) in [7, 11) is 0. The Kier molecular flexibility index (Phi) is 2.90. The van der Waals surface area contributed by atoms with Gasteiger partial charge in [-0.3, -0.25) is 0 Å². The fraction of sp³-hybridized carbons (Fsp3) is 0.143. The first-order valence-electron chi connectivity index (χ1n) is 5.47. The zero-order valence-corrected chi connectivity index (χ0v) is 10.1. The minimum absolute atomic E-state index is 0.00574. The fourth-order valence-electron chi connectivity index (χ4n) is 1.94. The summed E-state index contributed by atoms with van der Waals surface area (Å²) < 4.78 is 1.54. The maximum absolute atomic E-state index is 11.3. The molecule has 1 heterocycles. The summed E-state index contributed by atoms with van der Waals surface area (Å²) in [4.78, 5) is 11.3. The fourth-order valence-corrected chi connectivity index (χ4v) is 1.94. The molecule has 0 aliphatic heterocycles. The summed E-state index contributed by atoms with van der Waals surface area (Å²) in [6, 6.07) is 9.10. The van der Waals surface area contributed by atoms with Crippen molar-refractivity contribution in [3.63, 3.8) is 0 Å². The maximum atomic E-state index is 11.3. The van der Waals surface area contributed by atoms with E-state index in [1.807, 2.05) is 38.1 Å². The van der Waals surface area contributed by atoms with Crippen molar-refractivity contribution in [1.29, 1.82) is 5.26 Å². The van der Waals surface area contributed by atoms with Crippen LogP contribution in [0.2, 0.25) is 0 Å². The van der Waals surface area contributed by atoms with Crippen molar-refractivity contribution < 1.29 is 9.90 Å². The molecule has 0 atom stereocenters. The molecule has 90 valence electrons. The molecule has 0 saturated carbocycles. The van der Waals surface area contributed by atoms with Gasteiger partial charge >= 0.3 is 5.97 Å². The topological polar surface area (TPSA) is 66.0 Å². The number of aromatic nitrogens is 1. The van der Waals surface area contributed by atoms with Gasteiger partial charge in [-0.15, -0.1) is 0 Å². The first-order chi connectivity index (χ1) is 8.56. The third-order valence-corrected chi connectivity index (χ3v) is 3.04. The van der Waals surface area contributed by atoms with Gasteiger partial charge in [-0.2, -0.15) is 5.26 Å². The normalized spacial score (nSPS) is 10.1. The van der Waals surface area contributed by atoms with Crippen LogP contribution in [-0.4, -0.2) is 15.6 Å². The van der Waals surface area contributed by atoms with Crippen molar-refractivity contribution in [1.82, 2.24) is 4.57 Å². The molecule has 0 bridgehead atoms. The molecule has 1 aromatic carbocycles. The number of carboxylic acids is 1. The van der Waals surface area contributed by atoms with E-state index < -0.39 is 5.97 Å². The van der Waals surface area contributed by atoms with Crippen LogP contribution in [-0.2, 0) is 0 Å². The number of carbonyl (C=O) groups is 1. The predicted octanol–water partition coefficient (Wildman–Crippen LogP) is 2.66. The molecule has 2 rings (SSSR count). The molecule has 4 heteroatoms. The Morgan fingerprint density at radius 3 is 2.67 bits per heavy atom. The summed E-state index contributed by atoms with van der Waals surface area (Å²) in [6.45, 7) is 3.90. The molecule has 0 saturated heterocycles. The van der Waals surface area contributed by atoms with Crippen LogP contribution in [0.25, 0.3) is 5.69 Å². The zero-order valence-electron chi connectivity index (χ0n) is 10.1. The molecule has 0 spiro atoms. The second-order valence-corrected chi connectivity index (χ2v) is 4.08. The first kappa shape index (κ1) is 11.9. The third-order valence-electron chi connectivity index (χ3n) is 3.04. The molecule has 0 aliphatic carbocycles. The number of rotatable bonds is 2. The zero-order chi connectivity index (χ0) is 13.3. The van der Waals surface area contributed by atoms with E-state index in [-0.39, 0.29) is 11.3 Å². The second kappa shape index (κ2) is 4.38. The van der Waals surface area contributed by atoms with E-state index in [1.54, 1.807) is 10.8 Å². The van der Waals surface area contributed by atoms with Gasteiger partial charge in [-0.05, 0) is 37.1 Å². The molecule has 0 amide bonds. The van der Waals surface area contributed by atoms with E-state index in [0.717, 1.165) is 16.8 Å². The van der Waals surface area contributed by atoms with Crippen molar-refractivity contribution in [2.45, 2.75) is 13.8 Å². The molecule has 0 unspecified atom stereocenters. The Labute approximate surface area is 105 Å². The van der Waals surface area contributed by atoms with E-state index in [9.17, 15) is 9.90 Å². The van der Waals surface area contributed by atoms with E-state index >= 15 is 0 Å². The van der Waals surface area contributed by atoms with Gasteiger partial charge in [0.15, 0.2) is 0 Å². The molecule has 18 heavy (non-hydrogen) atoms. The van der Waals surface area contributed by atoms with Gasteiger partial charge in [0.2, 0.25) is 0 Å². The molecular formula is C14H12N2O2. The van der Waals surface area contributed by atoms with Crippen LogP contribution >= 0.6 is 0 Å². The van der Waals surface area contributed by atoms with E-state index in [0.29, 0.717) is 0 Å². The summed E-state index contributed by atoms with van der Waals surface area (Å²) >= 11 is 0. The number of aryl methyl sites for hydroxylation is 1. The molecule has 0 radical (unpaired) electrons. The molecule has 2 aromatic rings. The number of benzene rings is 1. The number of carboxylic acid groups (broad SMARTS) is 1. The predicted molar refractivity (Wildman–Crippen MR) is 66.9 cm³/mol. The van der Waals surface area contributed by atoms with Gasteiger partial charge < -0.3 is 9.67 Å². The van der Waals surface area contributed by atoms with Crippen molar-refractivity contribution in [3.8, 4) is 11.8 Å². The molecule has 0 aliphatic rings. The summed E-state index contributed by atoms with van der Waals surface area (Å²) in [5, 5.41) is 18.1. The van der Waals surface area contributed by atoms with Crippen molar-refractivity contribution in [3.05, 3.63) is 52.8 Å². The van der Waals surface area contributed by atoms with Crippen LogP contribution in [0.1, 0.15) is 27.2 Å². The number of hydrogen-bond donors (Lipinski definition) is 1. The van der Waals surface area contributed by atoms with Gasteiger partial charge in [-0.25, -0.2) is 4.79 Å². The van der Waals surface area contributed by atoms with Crippen LogP contribution in [0.15, 0.2) is 30.5 Å². The Bertz CT molecular complexity index is 663. The molecular weight excluding hydrogens is 228 g/mol. The van der Waals surface area contributed by atoms with Crippen LogP contribution in [0.3, 0.4) is 0 Å². The quantitative estimate of drug-likeness (QED) is 0.877. The standard InChI is InChI=1S/C14H12N2O2/c1-9-4-3-5-12(10(9)2)16-7-6-11(8-15)13(16)14(17)18/h3-7H,1-2H3,(H,17,18). The molecule has 0 fully saturated rings. The van der Waals surface area contributed by atoms with Gasteiger partial charge in [-0.1, -0.05) is 12.1 Å². The van der Waals surface area contributed by atoms with Crippen LogP contribution < -0.4 is 0 Å². The highest BCUT2D eigenvalue weighted by molar-refractivity contribution is 5.89. The highest BCUT2D eigenvalue weighted by atomic mass is 16.4. The SMILES string of the molecule is Cc1cccc(-n2ccc(C#N)c2C(=O)O)c1C. The Morgan fingerprint density at radius 2 is 2.06 bits per heavy atom. The highest BCUT2D eigenvalue weighted by Crippen LogP contribution is 2.22. The molecule has 4 nitrogen and oxygen atoms in total. The minimum atomic E-state index is -1.10. The van der Waals surface area contributed by atoms with E-state index in [1.165, 1.54) is 6.07 Å². The van der Waals surface area contributed by atoms with Crippen molar-refractivity contribution >= 4 is 5.97 Å². The molecule has 1 N–H and O–H groups in total. The molecule has 1 aromatic heterocycles. The monoisotopic (exact) mass is 240 g/mol. The lowest BCUT2D eigenvalue weighted by Crippen LogP contribution is -2.09. The van der Waals surface area contributed by atoms with Crippen LogP contribution in [0.4, 0.5) is 0 Å². The lowest BCUT2D eigenvalue weighted by molar-refractivity contribution is 0.0688. The summed E-state index contributed by atoms with van der Waals surface area (Å²) in [5.74, 6) is -1.10. The Balaban J connectivity index is 2.73. The van der Waals surface area contributed by atoms with E-state index in [2.05, 4.69) is 0 Å². The largest absolute Gasteiger partial charge is 0.477 e. The van der Waals surface area contributed by atoms with Gasteiger partial charge in [0, 0.05) is 11.9 Å². The summed E-state index contributed by atoms with van der Waals surface area (Å²) in [6.07, 6.45) is 1.61. The highest BCUT2D eigenvalue weighted by Gasteiger charge is 2.18. The van der Waals surface area contributed by atoms with Crippen molar-refractivity contribution in [2.24, 2.45) is 0 Å². The third kappa shape index (κ3) is 1.76. The minimum Gasteiger partial charge on any atom is -0.477 e. The number of aromatic carboxylic acids is 1. The second-order valence-electron chi connectivity index (χ2n) is 4.08. The Morgan fingerprint density at radius 1 is 1.33 bits per heavy atom. The number of hydrogen-bond acceptors (Lipinski definition) is 2. The average molecular weight is 240 g/mol. The Hall–Kier alpha value is -2.54. The van der Waals surface area contributed by atoms with Crippen molar-refractivity contribution in [2.75, 3.05) is 0 Å².